The molecule has 134 valence electrons. The van der Waals surface area contributed by atoms with Crippen molar-refractivity contribution in [2.75, 3.05) is 13.1 Å². The Bertz CT molecular complexity index is 800. The van der Waals surface area contributed by atoms with Gasteiger partial charge in [0.05, 0.1) is 14.5 Å². The number of amides is 1. The number of halogens is 3. The quantitative estimate of drug-likeness (QED) is 0.656. The van der Waals surface area contributed by atoms with E-state index >= 15 is 0 Å². The van der Waals surface area contributed by atoms with Gasteiger partial charge in [-0.1, -0.05) is 29.3 Å². The molecule has 2 heterocycles. The minimum absolute atomic E-state index is 0.125. The number of hydrogen-bond acceptors (Lipinski definition) is 4. The molecule has 0 radical (unpaired) electrons. The molecule has 0 aliphatic carbocycles. The van der Waals surface area contributed by atoms with E-state index in [1.54, 1.807) is 17.0 Å². The Balaban J connectivity index is 1.76. The molecule has 0 saturated carbocycles. The normalized spacial score (nSPS) is 16.9. The summed E-state index contributed by atoms with van der Waals surface area (Å²) in [5.74, 6) is 0.174. The largest absolute Gasteiger partial charge is 0.443 e. The van der Waals surface area contributed by atoms with E-state index < -0.39 is 0 Å². The lowest BCUT2D eigenvalue weighted by atomic mass is 9.91. The van der Waals surface area contributed by atoms with Crippen LogP contribution >= 0.6 is 50.9 Å². The molecule has 1 aromatic carbocycles. The van der Waals surface area contributed by atoms with Crippen LogP contribution in [0.4, 0.5) is 0 Å². The highest BCUT2D eigenvalue weighted by Crippen LogP contribution is 2.41. The number of nitrogens with zero attached hydrogens (tertiary/aromatic N) is 1. The maximum absolute atomic E-state index is 12.7. The number of furan rings is 1. The number of hydrogen-bond donors (Lipinski definition) is 1. The Morgan fingerprint density at radius 1 is 1.36 bits per heavy atom. The van der Waals surface area contributed by atoms with Crippen molar-refractivity contribution in [3.8, 4) is 0 Å². The number of carbonyl (C=O) groups is 1. The summed E-state index contributed by atoms with van der Waals surface area (Å²) < 4.78 is 6.48. The van der Waals surface area contributed by atoms with Crippen molar-refractivity contribution in [1.82, 2.24) is 4.90 Å². The first-order chi connectivity index (χ1) is 11.8. The first kappa shape index (κ1) is 19.1. The van der Waals surface area contributed by atoms with Gasteiger partial charge in [0.1, 0.15) is 0 Å². The van der Waals surface area contributed by atoms with Crippen LogP contribution in [-0.4, -0.2) is 29.4 Å². The lowest BCUT2D eigenvalue weighted by molar-refractivity contribution is 0.0643. The predicted octanol–water partition coefficient (Wildman–Crippen LogP) is 5.45. The van der Waals surface area contributed by atoms with E-state index in [4.69, 9.17) is 33.4 Å². The Labute approximate surface area is 169 Å². The fraction of sp³-hybridized carbons (Fsp3) is 0.353. The van der Waals surface area contributed by atoms with E-state index in [2.05, 4.69) is 15.9 Å². The van der Waals surface area contributed by atoms with Gasteiger partial charge in [-0.25, -0.2) is 0 Å². The Hall–Kier alpha value is -0.660. The van der Waals surface area contributed by atoms with E-state index in [1.165, 1.54) is 11.8 Å². The summed E-state index contributed by atoms with van der Waals surface area (Å²) in [6.07, 6.45) is 1.56. The van der Waals surface area contributed by atoms with Crippen molar-refractivity contribution >= 4 is 56.8 Å². The molecule has 0 unspecified atom stereocenters. The standard InChI is InChI=1S/C17H17BrCl2N2O2S/c1-17(21)5-7-22(8-6-17)15(23)12-9-10(18)16(24-12)25-13-4-2-3-11(19)14(13)20/h2-4,9H,5-8,21H2,1H3. The highest BCUT2D eigenvalue weighted by atomic mass is 79.9. The average molecular weight is 464 g/mol. The van der Waals surface area contributed by atoms with Crippen LogP contribution < -0.4 is 5.73 Å². The second-order valence-electron chi connectivity index (χ2n) is 6.35. The number of likely N-dealkylation sites (tertiary alicyclic amines) is 1. The third-order valence-corrected chi connectivity index (χ3v) is 7.01. The Morgan fingerprint density at radius 2 is 2.04 bits per heavy atom. The molecule has 1 aliphatic rings. The number of rotatable bonds is 3. The van der Waals surface area contributed by atoms with Crippen LogP contribution in [0.25, 0.3) is 0 Å². The molecule has 1 aliphatic heterocycles. The van der Waals surface area contributed by atoms with E-state index in [0.29, 0.717) is 38.5 Å². The third kappa shape index (κ3) is 4.37. The van der Waals surface area contributed by atoms with Crippen LogP contribution in [-0.2, 0) is 0 Å². The first-order valence-corrected chi connectivity index (χ1v) is 10.1. The zero-order chi connectivity index (χ0) is 18.2. The number of benzene rings is 1. The van der Waals surface area contributed by atoms with Crippen LogP contribution in [0.1, 0.15) is 30.3 Å². The third-order valence-electron chi connectivity index (χ3n) is 4.18. The minimum Gasteiger partial charge on any atom is -0.443 e. The van der Waals surface area contributed by atoms with Crippen LogP contribution in [0.15, 0.2) is 43.1 Å². The maximum atomic E-state index is 12.7. The van der Waals surface area contributed by atoms with Gasteiger partial charge in [0.25, 0.3) is 5.91 Å². The topological polar surface area (TPSA) is 59.5 Å². The second-order valence-corrected chi connectivity index (χ2v) is 9.00. The van der Waals surface area contributed by atoms with Crippen molar-refractivity contribution in [2.24, 2.45) is 5.73 Å². The summed E-state index contributed by atoms with van der Waals surface area (Å²) in [6.45, 7) is 3.28. The molecule has 25 heavy (non-hydrogen) atoms. The molecule has 1 fully saturated rings. The molecule has 2 N–H and O–H groups in total. The van der Waals surface area contributed by atoms with Crippen LogP contribution in [0.2, 0.25) is 10.0 Å². The van der Waals surface area contributed by atoms with Crippen LogP contribution in [0.5, 0.6) is 0 Å². The van der Waals surface area contributed by atoms with Gasteiger partial charge >= 0.3 is 0 Å². The molecule has 2 aromatic rings. The zero-order valence-corrected chi connectivity index (χ0v) is 17.4. The van der Waals surface area contributed by atoms with Gasteiger partial charge in [-0.3, -0.25) is 4.79 Å². The fourth-order valence-corrected chi connectivity index (χ4v) is 4.40. The van der Waals surface area contributed by atoms with Crippen molar-refractivity contribution in [2.45, 2.75) is 35.3 Å². The fourth-order valence-electron chi connectivity index (χ4n) is 2.57. The smallest absolute Gasteiger partial charge is 0.289 e. The summed E-state index contributed by atoms with van der Waals surface area (Å²) in [5.41, 5.74) is 5.92. The number of piperidine rings is 1. The summed E-state index contributed by atoms with van der Waals surface area (Å²) in [6, 6.07) is 7.08. The van der Waals surface area contributed by atoms with E-state index in [0.717, 1.165) is 17.7 Å². The van der Waals surface area contributed by atoms with Gasteiger partial charge in [0.2, 0.25) is 0 Å². The van der Waals surface area contributed by atoms with Gasteiger partial charge in [0.15, 0.2) is 10.9 Å². The van der Waals surface area contributed by atoms with Crippen molar-refractivity contribution in [3.05, 3.63) is 44.5 Å². The summed E-state index contributed by atoms with van der Waals surface area (Å²) in [5, 5.41) is 1.50. The molecule has 1 saturated heterocycles. The van der Waals surface area contributed by atoms with Gasteiger partial charge in [-0.05, 0) is 59.6 Å². The number of carbonyl (C=O) groups excluding carboxylic acids is 1. The van der Waals surface area contributed by atoms with Gasteiger partial charge < -0.3 is 15.1 Å². The number of nitrogens with two attached hydrogens (primary N) is 1. The summed E-state index contributed by atoms with van der Waals surface area (Å²) in [7, 11) is 0. The Kier molecular flexibility index (Phi) is 5.75. The SMILES string of the molecule is CC1(N)CCN(C(=O)c2cc(Br)c(Sc3cccc(Cl)c3Cl)o2)CC1. The molecule has 3 rings (SSSR count). The van der Waals surface area contributed by atoms with E-state index in [1.807, 2.05) is 19.1 Å². The Morgan fingerprint density at radius 3 is 2.72 bits per heavy atom. The predicted molar refractivity (Wildman–Crippen MR) is 105 cm³/mol. The average Bonchev–Trinajstić information content (AvgIpc) is 2.92. The highest BCUT2D eigenvalue weighted by Gasteiger charge is 2.30. The molecular formula is C17H17BrCl2N2O2S. The van der Waals surface area contributed by atoms with Gasteiger partial charge in [-0.2, -0.15) is 0 Å². The van der Waals surface area contributed by atoms with E-state index in [-0.39, 0.29) is 11.4 Å². The minimum atomic E-state index is -0.204. The van der Waals surface area contributed by atoms with Gasteiger partial charge in [0, 0.05) is 29.6 Å². The molecule has 4 nitrogen and oxygen atoms in total. The van der Waals surface area contributed by atoms with Crippen molar-refractivity contribution in [3.63, 3.8) is 0 Å². The molecule has 0 spiro atoms. The lowest BCUT2D eigenvalue weighted by Gasteiger charge is -2.36. The van der Waals surface area contributed by atoms with E-state index in [9.17, 15) is 4.79 Å². The van der Waals surface area contributed by atoms with Gasteiger partial charge in [-0.15, -0.1) is 0 Å². The molecule has 0 bridgehead atoms. The van der Waals surface area contributed by atoms with Crippen LogP contribution in [0, 0.1) is 0 Å². The molecule has 8 heteroatoms. The van der Waals surface area contributed by atoms with Crippen LogP contribution in [0.3, 0.4) is 0 Å². The maximum Gasteiger partial charge on any atom is 0.289 e. The van der Waals surface area contributed by atoms with Crippen molar-refractivity contribution < 1.29 is 9.21 Å². The monoisotopic (exact) mass is 462 g/mol. The molecule has 1 amide bonds. The summed E-state index contributed by atoms with van der Waals surface area (Å²) in [4.78, 5) is 15.2. The summed E-state index contributed by atoms with van der Waals surface area (Å²) >= 11 is 17.0. The zero-order valence-electron chi connectivity index (χ0n) is 13.5. The molecular weight excluding hydrogens is 447 g/mol. The first-order valence-electron chi connectivity index (χ1n) is 7.76. The molecule has 0 atom stereocenters. The lowest BCUT2D eigenvalue weighted by Crippen LogP contribution is -2.49. The molecule has 1 aromatic heterocycles. The highest BCUT2D eigenvalue weighted by molar-refractivity contribution is 9.10. The second kappa shape index (κ2) is 7.53. The van der Waals surface area contributed by atoms with Crippen molar-refractivity contribution in [1.29, 1.82) is 0 Å².